The van der Waals surface area contributed by atoms with Gasteiger partial charge in [-0.1, -0.05) is 61.4 Å². The summed E-state index contributed by atoms with van der Waals surface area (Å²) in [7, 11) is 0. The first kappa shape index (κ1) is 24.7. The van der Waals surface area contributed by atoms with E-state index in [1.165, 1.54) is 6.92 Å². The number of carboxylic acids is 1. The molecule has 2 aliphatic rings. The number of carbonyl (C=O) groups is 3. The van der Waals surface area contributed by atoms with Gasteiger partial charge >= 0.3 is 12.1 Å². The molecule has 1 unspecified atom stereocenters. The summed E-state index contributed by atoms with van der Waals surface area (Å²) >= 11 is 0. The number of carbonyl (C=O) groups excluding carboxylic acids is 2. The smallest absolute Gasteiger partial charge is 0.407 e. The van der Waals surface area contributed by atoms with E-state index in [1.54, 1.807) is 0 Å². The van der Waals surface area contributed by atoms with Crippen LogP contribution in [0.1, 0.15) is 56.1 Å². The standard InChI is InChI=1S/C27H32N2O6/c1-27(34,14-24(30)31)16-28-25(32)21-12-6-7-13-23(21)29-26(33)35-15-22-19-10-4-2-8-17(19)18-9-3-5-11-20(18)22/h2-5,8-11,21-23,34H,6-7,12-16H2,1H3,(H,28,32)(H,29,33)(H,30,31)/t21-,23+,27?/m1/s1. The molecule has 0 bridgehead atoms. The molecule has 2 aliphatic carbocycles. The van der Waals surface area contributed by atoms with Crippen LogP contribution < -0.4 is 10.6 Å². The van der Waals surface area contributed by atoms with Crippen molar-refractivity contribution in [2.75, 3.05) is 13.2 Å². The minimum Gasteiger partial charge on any atom is -0.481 e. The summed E-state index contributed by atoms with van der Waals surface area (Å²) in [4.78, 5) is 36.4. The highest BCUT2D eigenvalue weighted by Gasteiger charge is 2.35. The van der Waals surface area contributed by atoms with E-state index in [0.717, 1.165) is 35.1 Å². The van der Waals surface area contributed by atoms with E-state index < -0.39 is 30.0 Å². The van der Waals surface area contributed by atoms with Crippen molar-refractivity contribution in [1.82, 2.24) is 10.6 Å². The number of aliphatic hydroxyl groups is 1. The molecule has 0 saturated heterocycles. The Balaban J connectivity index is 1.35. The molecular formula is C27H32N2O6. The lowest BCUT2D eigenvalue weighted by Gasteiger charge is -2.32. The van der Waals surface area contributed by atoms with Gasteiger partial charge in [0.25, 0.3) is 0 Å². The minimum atomic E-state index is -1.55. The molecule has 0 heterocycles. The normalized spacial score (nSPS) is 20.7. The second kappa shape index (κ2) is 10.5. The van der Waals surface area contributed by atoms with Crippen LogP contribution in [0.3, 0.4) is 0 Å². The second-order valence-corrected chi connectivity index (χ2v) is 9.75. The average molecular weight is 481 g/mol. The number of benzene rings is 2. The topological polar surface area (TPSA) is 125 Å². The van der Waals surface area contributed by atoms with E-state index in [1.807, 2.05) is 24.3 Å². The van der Waals surface area contributed by atoms with Gasteiger partial charge in [-0.15, -0.1) is 0 Å². The molecule has 4 rings (SSSR count). The quantitative estimate of drug-likeness (QED) is 0.459. The molecule has 0 aliphatic heterocycles. The third-order valence-corrected chi connectivity index (χ3v) is 6.93. The Morgan fingerprint density at radius 3 is 2.23 bits per heavy atom. The summed E-state index contributed by atoms with van der Waals surface area (Å²) in [6.45, 7) is 1.39. The third-order valence-electron chi connectivity index (χ3n) is 6.93. The van der Waals surface area contributed by atoms with Gasteiger partial charge in [0.2, 0.25) is 5.91 Å². The lowest BCUT2D eigenvalue weighted by molar-refractivity contribution is -0.142. The summed E-state index contributed by atoms with van der Waals surface area (Å²) in [5, 5.41) is 24.6. The molecule has 35 heavy (non-hydrogen) atoms. The van der Waals surface area contributed by atoms with Crippen molar-refractivity contribution < 1.29 is 29.3 Å². The molecule has 186 valence electrons. The summed E-state index contributed by atoms with van der Waals surface area (Å²) in [6.07, 6.45) is 1.95. The number of aliphatic carboxylic acids is 1. The third kappa shape index (κ3) is 5.82. The van der Waals surface area contributed by atoms with Gasteiger partial charge in [-0.25, -0.2) is 4.79 Å². The maximum atomic E-state index is 12.8. The van der Waals surface area contributed by atoms with Gasteiger partial charge in [0.15, 0.2) is 0 Å². The fourth-order valence-corrected chi connectivity index (χ4v) is 5.21. The number of rotatable bonds is 8. The molecule has 0 radical (unpaired) electrons. The Labute approximate surface area is 204 Å². The molecule has 3 atom stereocenters. The van der Waals surface area contributed by atoms with Crippen molar-refractivity contribution in [2.45, 2.75) is 56.6 Å². The Morgan fingerprint density at radius 1 is 1.00 bits per heavy atom. The van der Waals surface area contributed by atoms with Crippen LogP contribution in [0.25, 0.3) is 11.1 Å². The summed E-state index contributed by atoms with van der Waals surface area (Å²) in [5.41, 5.74) is 3.01. The van der Waals surface area contributed by atoms with E-state index in [0.29, 0.717) is 12.8 Å². The van der Waals surface area contributed by atoms with Crippen molar-refractivity contribution in [3.8, 4) is 11.1 Å². The van der Waals surface area contributed by atoms with E-state index in [9.17, 15) is 19.5 Å². The SMILES string of the molecule is CC(O)(CNC(=O)[C@@H]1CCCC[C@@H]1NC(=O)OCC1c2ccccc2-c2ccccc21)CC(=O)O. The largest absolute Gasteiger partial charge is 0.481 e. The van der Waals surface area contributed by atoms with Gasteiger partial charge in [-0.05, 0) is 42.0 Å². The first-order valence-corrected chi connectivity index (χ1v) is 12.1. The van der Waals surface area contributed by atoms with Crippen LogP contribution in [-0.4, -0.2) is 53.0 Å². The summed E-state index contributed by atoms with van der Waals surface area (Å²) in [6, 6.07) is 15.9. The fourth-order valence-electron chi connectivity index (χ4n) is 5.21. The summed E-state index contributed by atoms with van der Waals surface area (Å²) < 4.78 is 5.64. The number of alkyl carbamates (subject to hydrolysis) is 1. The zero-order valence-electron chi connectivity index (χ0n) is 19.8. The Kier molecular flexibility index (Phi) is 7.40. The molecule has 0 spiro atoms. The van der Waals surface area contributed by atoms with Crippen molar-refractivity contribution >= 4 is 18.0 Å². The van der Waals surface area contributed by atoms with Crippen LogP contribution in [0, 0.1) is 5.92 Å². The van der Waals surface area contributed by atoms with E-state index in [-0.39, 0.29) is 31.0 Å². The van der Waals surface area contributed by atoms with Gasteiger partial charge < -0.3 is 25.6 Å². The van der Waals surface area contributed by atoms with Crippen LogP contribution in [-0.2, 0) is 14.3 Å². The van der Waals surface area contributed by atoms with Gasteiger partial charge in [0, 0.05) is 18.5 Å². The van der Waals surface area contributed by atoms with Gasteiger partial charge in [0.05, 0.1) is 17.9 Å². The van der Waals surface area contributed by atoms with Crippen LogP contribution in [0.2, 0.25) is 0 Å². The molecular weight excluding hydrogens is 448 g/mol. The molecule has 1 saturated carbocycles. The maximum Gasteiger partial charge on any atom is 0.407 e. The maximum absolute atomic E-state index is 12.8. The lowest BCUT2D eigenvalue weighted by Crippen LogP contribution is -2.51. The van der Waals surface area contributed by atoms with Crippen LogP contribution in [0.4, 0.5) is 4.79 Å². The van der Waals surface area contributed by atoms with Crippen molar-refractivity contribution in [3.63, 3.8) is 0 Å². The van der Waals surface area contributed by atoms with Crippen molar-refractivity contribution in [2.24, 2.45) is 5.92 Å². The number of carboxylic acid groups (broad SMARTS) is 1. The fraction of sp³-hybridized carbons (Fsp3) is 0.444. The Bertz CT molecular complexity index is 1050. The Morgan fingerprint density at radius 2 is 1.60 bits per heavy atom. The average Bonchev–Trinajstić information content (AvgIpc) is 3.14. The van der Waals surface area contributed by atoms with E-state index >= 15 is 0 Å². The van der Waals surface area contributed by atoms with E-state index in [2.05, 4.69) is 34.9 Å². The van der Waals surface area contributed by atoms with Crippen LogP contribution >= 0.6 is 0 Å². The van der Waals surface area contributed by atoms with Crippen molar-refractivity contribution in [3.05, 3.63) is 59.7 Å². The highest BCUT2D eigenvalue weighted by molar-refractivity contribution is 5.81. The minimum absolute atomic E-state index is 0.0462. The highest BCUT2D eigenvalue weighted by Crippen LogP contribution is 2.44. The molecule has 8 heteroatoms. The molecule has 2 amide bonds. The predicted molar refractivity (Wildman–Crippen MR) is 130 cm³/mol. The van der Waals surface area contributed by atoms with Gasteiger partial charge in [-0.3, -0.25) is 9.59 Å². The summed E-state index contributed by atoms with van der Waals surface area (Å²) in [5.74, 6) is -1.96. The molecule has 8 nitrogen and oxygen atoms in total. The molecule has 0 aromatic heterocycles. The zero-order valence-corrected chi connectivity index (χ0v) is 19.8. The number of amides is 2. The number of fused-ring (bicyclic) bond motifs is 3. The zero-order chi connectivity index (χ0) is 25.0. The van der Waals surface area contributed by atoms with Gasteiger partial charge in [-0.2, -0.15) is 0 Å². The van der Waals surface area contributed by atoms with Gasteiger partial charge in [0.1, 0.15) is 6.61 Å². The number of hydrogen-bond acceptors (Lipinski definition) is 5. The molecule has 2 aromatic rings. The van der Waals surface area contributed by atoms with Crippen molar-refractivity contribution in [1.29, 1.82) is 0 Å². The Hall–Kier alpha value is -3.39. The first-order chi connectivity index (χ1) is 16.7. The predicted octanol–water partition coefficient (Wildman–Crippen LogP) is 3.43. The highest BCUT2D eigenvalue weighted by atomic mass is 16.5. The number of hydrogen-bond donors (Lipinski definition) is 4. The second-order valence-electron chi connectivity index (χ2n) is 9.75. The number of ether oxygens (including phenoxy) is 1. The first-order valence-electron chi connectivity index (χ1n) is 12.1. The molecule has 4 N–H and O–H groups in total. The lowest BCUT2D eigenvalue weighted by atomic mass is 9.83. The molecule has 2 aromatic carbocycles. The monoisotopic (exact) mass is 480 g/mol. The molecule has 1 fully saturated rings. The number of nitrogens with one attached hydrogen (secondary N) is 2. The van der Waals surface area contributed by atoms with Crippen LogP contribution in [0.5, 0.6) is 0 Å². The van der Waals surface area contributed by atoms with Crippen LogP contribution in [0.15, 0.2) is 48.5 Å². The van der Waals surface area contributed by atoms with E-state index in [4.69, 9.17) is 9.84 Å².